The fourth-order valence-electron chi connectivity index (χ4n) is 0.378. The fourth-order valence-corrected chi connectivity index (χ4v) is 0.378. The monoisotopic (exact) mass is 146 g/mol. The third-order valence-corrected chi connectivity index (χ3v) is 0.737. The number of halogens is 1. The Balaban J connectivity index is 3.90. The summed E-state index contributed by atoms with van der Waals surface area (Å²) in [5.41, 5.74) is 5.38. The Kier molecular flexibility index (Phi) is 4.28. The summed E-state index contributed by atoms with van der Waals surface area (Å²) < 4.78 is 16.3. The molecule has 4 heteroatoms. The lowest BCUT2D eigenvalue weighted by Gasteiger charge is -1.98. The zero-order chi connectivity index (χ0) is 7.98. The first kappa shape index (κ1) is 8.94. The molecule has 0 aliphatic carbocycles. The minimum Gasteiger partial charge on any atom is -0.465 e. The van der Waals surface area contributed by atoms with Crippen molar-refractivity contribution in [2.75, 3.05) is 6.61 Å². The van der Waals surface area contributed by atoms with Gasteiger partial charge >= 0.3 is 0 Å². The highest BCUT2D eigenvalue weighted by Crippen LogP contribution is 1.93. The molecule has 0 atom stereocenters. The van der Waals surface area contributed by atoms with E-state index in [0.717, 1.165) is 0 Å². The number of allylic oxidation sites excluding steroid dienone is 1. The van der Waals surface area contributed by atoms with Gasteiger partial charge in [-0.3, -0.25) is 0 Å². The van der Waals surface area contributed by atoms with Crippen LogP contribution in [0.4, 0.5) is 4.39 Å². The standard InChI is InChI=1S/C6H11FN2O/c1-3-10-6(8)9-5(2)4-7/h4H,3H2,1-2H3,(H2,8,9)/b5-4-. The average Bonchev–Trinajstić information content (AvgIpc) is 1.88. The van der Waals surface area contributed by atoms with E-state index in [-0.39, 0.29) is 11.7 Å². The molecule has 0 fully saturated rings. The molecule has 0 aromatic heterocycles. The molecule has 0 bridgehead atoms. The second-order valence-electron chi connectivity index (χ2n) is 1.63. The number of amidine groups is 1. The molecule has 10 heavy (non-hydrogen) atoms. The van der Waals surface area contributed by atoms with Gasteiger partial charge in [0.1, 0.15) is 6.33 Å². The summed E-state index contributed by atoms with van der Waals surface area (Å²) in [6, 6.07) is -0.00565. The molecule has 0 unspecified atom stereocenters. The molecule has 0 radical (unpaired) electrons. The predicted molar refractivity (Wildman–Crippen MR) is 38.1 cm³/mol. The van der Waals surface area contributed by atoms with Gasteiger partial charge in [0, 0.05) is 0 Å². The van der Waals surface area contributed by atoms with E-state index in [9.17, 15) is 4.39 Å². The number of rotatable bonds is 2. The second kappa shape index (κ2) is 4.78. The minimum absolute atomic E-state index is 0.00565. The van der Waals surface area contributed by atoms with Crippen molar-refractivity contribution < 1.29 is 9.13 Å². The molecule has 0 saturated carbocycles. The van der Waals surface area contributed by atoms with Gasteiger partial charge < -0.3 is 10.5 Å². The number of nitrogens with two attached hydrogens (primary N) is 1. The molecule has 0 aliphatic heterocycles. The van der Waals surface area contributed by atoms with Crippen LogP contribution < -0.4 is 5.73 Å². The molecule has 0 aliphatic rings. The van der Waals surface area contributed by atoms with Crippen molar-refractivity contribution in [2.45, 2.75) is 13.8 Å². The van der Waals surface area contributed by atoms with Gasteiger partial charge in [0.05, 0.1) is 12.3 Å². The lowest BCUT2D eigenvalue weighted by molar-refractivity contribution is 0.321. The van der Waals surface area contributed by atoms with Gasteiger partial charge in [0.2, 0.25) is 0 Å². The van der Waals surface area contributed by atoms with Crippen LogP contribution in [0.3, 0.4) is 0 Å². The molecule has 0 aromatic rings. The molecule has 0 spiro atoms. The summed E-state index contributed by atoms with van der Waals surface area (Å²) >= 11 is 0. The quantitative estimate of drug-likeness (QED) is 0.469. The van der Waals surface area contributed by atoms with Crippen LogP contribution in [0.1, 0.15) is 13.8 Å². The third-order valence-electron chi connectivity index (χ3n) is 0.737. The highest BCUT2D eigenvalue weighted by molar-refractivity contribution is 5.72. The highest BCUT2D eigenvalue weighted by Gasteiger charge is 1.89. The van der Waals surface area contributed by atoms with E-state index in [4.69, 9.17) is 10.5 Å². The zero-order valence-corrected chi connectivity index (χ0v) is 6.10. The van der Waals surface area contributed by atoms with Crippen molar-refractivity contribution in [3.63, 3.8) is 0 Å². The smallest absolute Gasteiger partial charge is 0.286 e. The van der Waals surface area contributed by atoms with Gasteiger partial charge in [0.25, 0.3) is 6.02 Å². The Morgan fingerprint density at radius 1 is 1.80 bits per heavy atom. The van der Waals surface area contributed by atoms with Gasteiger partial charge in [-0.1, -0.05) is 0 Å². The first-order chi connectivity index (χ1) is 4.70. The number of hydrogen-bond donors (Lipinski definition) is 1. The van der Waals surface area contributed by atoms with Crippen molar-refractivity contribution >= 4 is 6.02 Å². The van der Waals surface area contributed by atoms with Crippen molar-refractivity contribution in [1.82, 2.24) is 0 Å². The van der Waals surface area contributed by atoms with E-state index >= 15 is 0 Å². The third kappa shape index (κ3) is 3.88. The van der Waals surface area contributed by atoms with E-state index in [0.29, 0.717) is 12.9 Å². The molecule has 0 heterocycles. The van der Waals surface area contributed by atoms with Crippen LogP contribution in [0.15, 0.2) is 17.0 Å². The second-order valence-corrected chi connectivity index (χ2v) is 1.63. The Morgan fingerprint density at radius 3 is 2.80 bits per heavy atom. The van der Waals surface area contributed by atoms with E-state index in [2.05, 4.69) is 4.99 Å². The summed E-state index contributed by atoms with van der Waals surface area (Å²) in [6.45, 7) is 3.71. The van der Waals surface area contributed by atoms with Gasteiger partial charge in [-0.25, -0.2) is 9.38 Å². The molecular weight excluding hydrogens is 135 g/mol. The van der Waals surface area contributed by atoms with Crippen LogP contribution in [-0.4, -0.2) is 12.6 Å². The maximum Gasteiger partial charge on any atom is 0.286 e. The number of hydrogen-bond acceptors (Lipinski definition) is 2. The minimum atomic E-state index is -0.00565. The summed E-state index contributed by atoms with van der Waals surface area (Å²) in [6.07, 6.45) is 0.367. The van der Waals surface area contributed by atoms with E-state index in [1.807, 2.05) is 0 Å². The molecule has 0 aromatic carbocycles. The maximum atomic E-state index is 11.6. The normalized spacial score (nSPS) is 13.5. The van der Waals surface area contributed by atoms with Crippen LogP contribution >= 0.6 is 0 Å². The predicted octanol–water partition coefficient (Wildman–Crippen LogP) is 1.17. The topological polar surface area (TPSA) is 47.6 Å². The fraction of sp³-hybridized carbons (Fsp3) is 0.500. The van der Waals surface area contributed by atoms with Crippen LogP contribution in [0, 0.1) is 0 Å². The first-order valence-electron chi connectivity index (χ1n) is 2.94. The Morgan fingerprint density at radius 2 is 2.40 bits per heavy atom. The van der Waals surface area contributed by atoms with E-state index in [1.54, 1.807) is 6.92 Å². The lowest BCUT2D eigenvalue weighted by atomic mass is 10.6. The van der Waals surface area contributed by atoms with Gasteiger partial charge in [0.15, 0.2) is 0 Å². The Bertz CT molecular complexity index is 154. The average molecular weight is 146 g/mol. The molecule has 3 nitrogen and oxygen atoms in total. The molecule has 58 valence electrons. The van der Waals surface area contributed by atoms with Gasteiger partial charge in [-0.15, -0.1) is 0 Å². The highest BCUT2D eigenvalue weighted by atomic mass is 19.1. The summed E-state index contributed by atoms with van der Waals surface area (Å²) in [7, 11) is 0. The van der Waals surface area contributed by atoms with Gasteiger partial charge in [-0.05, 0) is 13.8 Å². The number of nitrogens with zero attached hydrogens (tertiary/aromatic N) is 1. The van der Waals surface area contributed by atoms with Crippen LogP contribution in [0.2, 0.25) is 0 Å². The molecule has 0 amide bonds. The zero-order valence-electron chi connectivity index (χ0n) is 6.10. The van der Waals surface area contributed by atoms with Gasteiger partial charge in [-0.2, -0.15) is 0 Å². The lowest BCUT2D eigenvalue weighted by Crippen LogP contribution is -2.15. The van der Waals surface area contributed by atoms with Crippen molar-refractivity contribution in [2.24, 2.45) is 10.7 Å². The Hall–Kier alpha value is -1.06. The maximum absolute atomic E-state index is 11.6. The van der Waals surface area contributed by atoms with Crippen LogP contribution in [-0.2, 0) is 4.74 Å². The Labute approximate surface area is 59.4 Å². The molecule has 0 saturated heterocycles. The summed E-state index contributed by atoms with van der Waals surface area (Å²) in [4.78, 5) is 3.54. The van der Waals surface area contributed by atoms with E-state index in [1.165, 1.54) is 6.92 Å². The van der Waals surface area contributed by atoms with Crippen LogP contribution in [0.5, 0.6) is 0 Å². The molecular formula is C6H11FN2O. The van der Waals surface area contributed by atoms with Crippen molar-refractivity contribution in [1.29, 1.82) is 0 Å². The first-order valence-corrected chi connectivity index (χ1v) is 2.94. The molecule has 2 N–H and O–H groups in total. The summed E-state index contributed by atoms with van der Waals surface area (Å²) in [5, 5.41) is 0. The summed E-state index contributed by atoms with van der Waals surface area (Å²) in [5.74, 6) is 0. The SMILES string of the molecule is CCOC(N)=N/C(C)=C\F. The van der Waals surface area contributed by atoms with Crippen LogP contribution in [0.25, 0.3) is 0 Å². The van der Waals surface area contributed by atoms with Crippen molar-refractivity contribution in [3.05, 3.63) is 12.0 Å². The number of ether oxygens (including phenoxy) is 1. The largest absolute Gasteiger partial charge is 0.465 e. The number of aliphatic imine (C=N–C) groups is 1. The molecule has 0 rings (SSSR count). The van der Waals surface area contributed by atoms with E-state index < -0.39 is 0 Å². The van der Waals surface area contributed by atoms with Crippen molar-refractivity contribution in [3.8, 4) is 0 Å².